The molecule has 2 fully saturated rings. The standard InChI is InChI=1S/C19H25F2N3O3S/c1-11-4-5-13(10-28-3)24(11)18-16(20)6-14(7-17(18)21)23-9-15(27-19(23)26)8-22-12(2)25/h6-7,11,13,15H,4-5,8-10H2,1-3H3,(H,22,25)/t11?,13?,15-/m0/s1. The molecule has 0 aliphatic carbocycles. The number of nitrogens with zero attached hydrogens (tertiary/aromatic N) is 2. The summed E-state index contributed by atoms with van der Waals surface area (Å²) in [5.74, 6) is -0.815. The van der Waals surface area contributed by atoms with Gasteiger partial charge in [0.2, 0.25) is 5.91 Å². The molecule has 2 aliphatic rings. The minimum Gasteiger partial charge on any atom is -0.442 e. The Kier molecular flexibility index (Phi) is 6.32. The van der Waals surface area contributed by atoms with E-state index in [1.165, 1.54) is 24.0 Å². The number of anilines is 2. The Hall–Kier alpha value is -2.03. The summed E-state index contributed by atoms with van der Waals surface area (Å²) >= 11 is 1.66. The number of amides is 2. The first-order valence-electron chi connectivity index (χ1n) is 9.30. The van der Waals surface area contributed by atoms with E-state index in [4.69, 9.17) is 4.74 Å². The summed E-state index contributed by atoms with van der Waals surface area (Å²) in [6.45, 7) is 3.61. The van der Waals surface area contributed by atoms with E-state index in [1.54, 1.807) is 11.8 Å². The van der Waals surface area contributed by atoms with Gasteiger partial charge >= 0.3 is 6.09 Å². The molecule has 2 unspecified atom stereocenters. The van der Waals surface area contributed by atoms with Gasteiger partial charge in [0.1, 0.15) is 11.8 Å². The Balaban J connectivity index is 1.82. The summed E-state index contributed by atoms with van der Waals surface area (Å²) in [5, 5.41) is 2.57. The summed E-state index contributed by atoms with van der Waals surface area (Å²) in [5.41, 5.74) is 0.0810. The molecule has 1 aromatic carbocycles. The van der Waals surface area contributed by atoms with Gasteiger partial charge < -0.3 is 15.0 Å². The van der Waals surface area contributed by atoms with Gasteiger partial charge in [0, 0.05) is 36.9 Å². The second-order valence-corrected chi connectivity index (χ2v) is 8.16. The van der Waals surface area contributed by atoms with Gasteiger partial charge in [0.25, 0.3) is 0 Å². The Labute approximate surface area is 167 Å². The van der Waals surface area contributed by atoms with Gasteiger partial charge in [-0.05, 0) is 26.0 Å². The lowest BCUT2D eigenvalue weighted by Crippen LogP contribution is -2.37. The number of rotatable bonds is 6. The topological polar surface area (TPSA) is 61.9 Å². The lowest BCUT2D eigenvalue weighted by atomic mass is 10.2. The first-order chi connectivity index (χ1) is 13.3. The fourth-order valence-corrected chi connectivity index (χ4v) is 4.59. The van der Waals surface area contributed by atoms with Crippen LogP contribution in [0.15, 0.2) is 12.1 Å². The van der Waals surface area contributed by atoms with Gasteiger partial charge in [-0.15, -0.1) is 0 Å². The summed E-state index contributed by atoms with van der Waals surface area (Å²) in [7, 11) is 0. The fraction of sp³-hybridized carbons (Fsp3) is 0.579. The summed E-state index contributed by atoms with van der Waals surface area (Å²) < 4.78 is 35.1. The van der Waals surface area contributed by atoms with Crippen LogP contribution in [0, 0.1) is 11.6 Å². The van der Waals surface area contributed by atoms with E-state index in [0.717, 1.165) is 18.6 Å². The highest BCUT2D eigenvalue weighted by atomic mass is 32.2. The van der Waals surface area contributed by atoms with Crippen LogP contribution in [0.5, 0.6) is 0 Å². The van der Waals surface area contributed by atoms with E-state index < -0.39 is 23.8 Å². The van der Waals surface area contributed by atoms with Crippen LogP contribution >= 0.6 is 11.8 Å². The SMILES string of the molecule is CSCC1CCC(C)N1c1c(F)cc(N2C[C@H](CNC(C)=O)OC2=O)cc1F. The van der Waals surface area contributed by atoms with Crippen molar-refractivity contribution in [3.63, 3.8) is 0 Å². The zero-order valence-electron chi connectivity index (χ0n) is 16.2. The van der Waals surface area contributed by atoms with Crippen molar-refractivity contribution >= 4 is 35.1 Å². The summed E-state index contributed by atoms with van der Waals surface area (Å²) in [6.07, 6.45) is 2.51. The van der Waals surface area contributed by atoms with Crippen LogP contribution in [0.1, 0.15) is 26.7 Å². The van der Waals surface area contributed by atoms with Gasteiger partial charge in [0.15, 0.2) is 11.6 Å². The number of hydrogen-bond donors (Lipinski definition) is 1. The number of carbonyl (C=O) groups excluding carboxylic acids is 2. The number of thioether (sulfide) groups is 1. The molecular weight excluding hydrogens is 388 g/mol. The molecule has 2 amide bonds. The third kappa shape index (κ3) is 4.19. The van der Waals surface area contributed by atoms with Gasteiger partial charge in [-0.1, -0.05) is 0 Å². The van der Waals surface area contributed by atoms with Crippen LogP contribution in [0.3, 0.4) is 0 Å². The molecule has 0 spiro atoms. The second-order valence-electron chi connectivity index (χ2n) is 7.25. The van der Waals surface area contributed by atoms with Crippen molar-refractivity contribution in [2.24, 2.45) is 0 Å². The van der Waals surface area contributed by atoms with Crippen LogP contribution in [0.25, 0.3) is 0 Å². The highest BCUT2D eigenvalue weighted by molar-refractivity contribution is 7.98. The molecule has 2 aliphatic heterocycles. The predicted molar refractivity (Wildman–Crippen MR) is 106 cm³/mol. The average Bonchev–Trinajstić information content (AvgIpc) is 3.17. The molecule has 0 aromatic heterocycles. The maximum Gasteiger partial charge on any atom is 0.414 e. The molecule has 6 nitrogen and oxygen atoms in total. The molecule has 154 valence electrons. The Morgan fingerprint density at radius 3 is 2.61 bits per heavy atom. The second kappa shape index (κ2) is 8.55. The minimum atomic E-state index is -0.687. The van der Waals surface area contributed by atoms with Crippen LogP contribution < -0.4 is 15.1 Å². The molecule has 0 saturated carbocycles. The number of benzene rings is 1. The van der Waals surface area contributed by atoms with Crippen molar-refractivity contribution in [1.29, 1.82) is 0 Å². The van der Waals surface area contributed by atoms with Crippen molar-refractivity contribution in [2.45, 2.75) is 44.9 Å². The number of nitrogens with one attached hydrogen (secondary N) is 1. The fourth-order valence-electron chi connectivity index (χ4n) is 3.88. The van der Waals surface area contributed by atoms with E-state index in [0.29, 0.717) is 0 Å². The average molecular weight is 413 g/mol. The molecule has 1 N–H and O–H groups in total. The van der Waals surface area contributed by atoms with Gasteiger partial charge in [-0.2, -0.15) is 11.8 Å². The zero-order valence-corrected chi connectivity index (χ0v) is 17.0. The molecule has 0 radical (unpaired) electrons. The number of ether oxygens (including phenoxy) is 1. The lowest BCUT2D eigenvalue weighted by molar-refractivity contribution is -0.119. The third-order valence-electron chi connectivity index (χ3n) is 5.17. The predicted octanol–water partition coefficient (Wildman–Crippen LogP) is 3.15. The third-order valence-corrected chi connectivity index (χ3v) is 5.89. The number of cyclic esters (lactones) is 1. The minimum absolute atomic E-state index is 0.0323. The quantitative estimate of drug-likeness (QED) is 0.776. The van der Waals surface area contributed by atoms with E-state index >= 15 is 0 Å². The van der Waals surface area contributed by atoms with Crippen molar-refractivity contribution < 1.29 is 23.1 Å². The summed E-state index contributed by atoms with van der Waals surface area (Å²) in [6, 6.07) is 2.49. The maximum atomic E-state index is 15.0. The smallest absolute Gasteiger partial charge is 0.414 e. The van der Waals surface area contributed by atoms with E-state index in [1.807, 2.05) is 18.1 Å². The molecule has 3 rings (SSSR count). The molecule has 3 atom stereocenters. The number of halogens is 2. The van der Waals surface area contributed by atoms with Crippen LogP contribution in [0.4, 0.5) is 25.0 Å². The molecule has 2 saturated heterocycles. The molecule has 28 heavy (non-hydrogen) atoms. The van der Waals surface area contributed by atoms with E-state index in [9.17, 15) is 18.4 Å². The highest BCUT2D eigenvalue weighted by Crippen LogP contribution is 2.37. The maximum absolute atomic E-state index is 15.0. The van der Waals surface area contributed by atoms with Crippen LogP contribution in [-0.2, 0) is 9.53 Å². The van der Waals surface area contributed by atoms with E-state index in [2.05, 4.69) is 5.32 Å². The Morgan fingerprint density at radius 1 is 1.32 bits per heavy atom. The normalized spacial score (nSPS) is 24.6. The Morgan fingerprint density at radius 2 is 2.00 bits per heavy atom. The first kappa shape index (κ1) is 20.7. The van der Waals surface area contributed by atoms with Crippen molar-refractivity contribution in [1.82, 2.24) is 5.32 Å². The van der Waals surface area contributed by atoms with E-state index in [-0.39, 0.29) is 42.5 Å². The largest absolute Gasteiger partial charge is 0.442 e. The molecule has 9 heteroatoms. The molecule has 0 bridgehead atoms. The molecular formula is C19H25F2N3O3S. The van der Waals surface area contributed by atoms with Crippen LogP contribution in [-0.4, -0.2) is 55.3 Å². The van der Waals surface area contributed by atoms with Crippen molar-refractivity contribution in [3.8, 4) is 0 Å². The van der Waals surface area contributed by atoms with Gasteiger partial charge in [-0.3, -0.25) is 9.69 Å². The van der Waals surface area contributed by atoms with Crippen molar-refractivity contribution in [2.75, 3.05) is 34.9 Å². The van der Waals surface area contributed by atoms with Gasteiger partial charge in [0.05, 0.1) is 18.8 Å². The lowest BCUT2D eigenvalue weighted by Gasteiger charge is -2.31. The molecule has 1 aromatic rings. The highest BCUT2D eigenvalue weighted by Gasteiger charge is 2.36. The number of carbonyl (C=O) groups is 2. The number of hydrogen-bond acceptors (Lipinski definition) is 5. The van der Waals surface area contributed by atoms with Crippen molar-refractivity contribution in [3.05, 3.63) is 23.8 Å². The summed E-state index contributed by atoms with van der Waals surface area (Å²) in [4.78, 5) is 26.1. The molecule has 2 heterocycles. The Bertz CT molecular complexity index is 739. The van der Waals surface area contributed by atoms with Gasteiger partial charge in [-0.25, -0.2) is 13.6 Å². The van der Waals surface area contributed by atoms with Crippen LogP contribution in [0.2, 0.25) is 0 Å². The monoisotopic (exact) mass is 413 g/mol. The first-order valence-corrected chi connectivity index (χ1v) is 10.7. The zero-order chi connectivity index (χ0) is 20.4.